The third-order valence-corrected chi connectivity index (χ3v) is 4.57. The highest BCUT2D eigenvalue weighted by Crippen LogP contribution is 2.37. The molecule has 0 spiro atoms. The minimum absolute atomic E-state index is 0.0187. The van der Waals surface area contributed by atoms with Crippen LogP contribution in [-0.2, 0) is 10.8 Å². The van der Waals surface area contributed by atoms with Gasteiger partial charge in [0.2, 0.25) is 0 Å². The summed E-state index contributed by atoms with van der Waals surface area (Å²) >= 11 is 0. The van der Waals surface area contributed by atoms with Crippen LogP contribution in [0.15, 0.2) is 54.0 Å². The second-order valence-corrected chi connectivity index (χ2v) is 9.14. The Balaban J connectivity index is 2.40. The average Bonchev–Trinajstić information content (AvgIpc) is 2.59. The third kappa shape index (κ3) is 5.72. The van der Waals surface area contributed by atoms with Gasteiger partial charge in [-0.1, -0.05) is 59.8 Å². The van der Waals surface area contributed by atoms with Gasteiger partial charge in [-0.15, -0.1) is 6.58 Å². The van der Waals surface area contributed by atoms with E-state index in [1.54, 1.807) is 6.21 Å². The summed E-state index contributed by atoms with van der Waals surface area (Å²) in [7, 11) is 0. The van der Waals surface area contributed by atoms with Gasteiger partial charge in [-0.05, 0) is 41.0 Å². The van der Waals surface area contributed by atoms with Crippen LogP contribution in [0.4, 0.5) is 5.69 Å². The number of hydrogen-bond donors (Lipinski definition) is 1. The van der Waals surface area contributed by atoms with Crippen molar-refractivity contribution < 1.29 is 9.84 Å². The number of aliphatic imine (C=N–C) groups is 1. The van der Waals surface area contributed by atoms with Crippen LogP contribution >= 0.6 is 0 Å². The van der Waals surface area contributed by atoms with Gasteiger partial charge in [-0.25, -0.2) is 0 Å². The van der Waals surface area contributed by atoms with Gasteiger partial charge < -0.3 is 9.84 Å². The van der Waals surface area contributed by atoms with Gasteiger partial charge in [-0.3, -0.25) is 4.99 Å². The summed E-state index contributed by atoms with van der Waals surface area (Å²) < 4.78 is 5.70. The van der Waals surface area contributed by atoms with Gasteiger partial charge in [-0.2, -0.15) is 0 Å². The molecule has 150 valence electrons. The van der Waals surface area contributed by atoms with Crippen LogP contribution in [0.1, 0.15) is 64.7 Å². The number of aromatic hydroxyl groups is 1. The van der Waals surface area contributed by atoms with Crippen molar-refractivity contribution in [3.63, 3.8) is 0 Å². The van der Waals surface area contributed by atoms with Crippen LogP contribution in [0.5, 0.6) is 11.5 Å². The van der Waals surface area contributed by atoms with E-state index < -0.39 is 0 Å². The molecule has 0 aliphatic rings. The van der Waals surface area contributed by atoms with Crippen molar-refractivity contribution in [1.82, 2.24) is 0 Å². The highest BCUT2D eigenvalue weighted by molar-refractivity contribution is 5.86. The number of phenolic OH excluding ortho intramolecular Hbond substituents is 1. The van der Waals surface area contributed by atoms with Crippen LogP contribution in [0, 0.1) is 0 Å². The fourth-order valence-electron chi connectivity index (χ4n) is 2.82. The molecule has 0 bridgehead atoms. The molecule has 0 atom stereocenters. The summed E-state index contributed by atoms with van der Waals surface area (Å²) in [6.45, 7) is 17.2. The predicted octanol–water partition coefficient (Wildman–Crippen LogP) is 6.69. The van der Waals surface area contributed by atoms with Gasteiger partial charge in [0.15, 0.2) is 0 Å². The van der Waals surface area contributed by atoms with Gasteiger partial charge in [0, 0.05) is 23.4 Å². The quantitative estimate of drug-likeness (QED) is 0.345. The lowest BCUT2D eigenvalue weighted by molar-refractivity contribution is 0.325. The summed E-state index contributed by atoms with van der Waals surface area (Å²) in [5.41, 5.74) is 3.45. The predicted molar refractivity (Wildman–Crippen MR) is 120 cm³/mol. The third-order valence-electron chi connectivity index (χ3n) is 4.57. The average molecular weight is 380 g/mol. The molecule has 0 heterocycles. The van der Waals surface area contributed by atoms with Crippen molar-refractivity contribution in [2.45, 2.75) is 58.8 Å². The Morgan fingerprint density at radius 2 is 1.75 bits per heavy atom. The van der Waals surface area contributed by atoms with Crippen molar-refractivity contribution in [2.75, 3.05) is 6.61 Å². The van der Waals surface area contributed by atoms with Crippen molar-refractivity contribution in [3.05, 3.63) is 65.7 Å². The highest BCUT2D eigenvalue weighted by atomic mass is 16.5. The van der Waals surface area contributed by atoms with E-state index in [1.165, 1.54) is 5.56 Å². The molecule has 0 aliphatic carbocycles. The number of nitrogens with zero attached hydrogens (tertiary/aromatic N) is 1. The maximum Gasteiger partial charge on any atom is 0.128 e. The lowest BCUT2D eigenvalue weighted by atomic mass is 9.79. The molecule has 3 nitrogen and oxygen atoms in total. The SMILES string of the molecule is C=CCCOc1cccc(N=Cc2cc(C(C)(C)C)cc(C(C)(C)C)c2O)c1. The van der Waals surface area contributed by atoms with Crippen LogP contribution in [0.3, 0.4) is 0 Å². The lowest BCUT2D eigenvalue weighted by Gasteiger charge is -2.26. The first-order chi connectivity index (χ1) is 13.0. The zero-order valence-electron chi connectivity index (χ0n) is 18.0. The molecule has 0 saturated heterocycles. The first-order valence-electron chi connectivity index (χ1n) is 9.78. The van der Waals surface area contributed by atoms with E-state index in [9.17, 15) is 5.11 Å². The molecule has 0 amide bonds. The Bertz CT molecular complexity index is 852. The number of benzene rings is 2. The van der Waals surface area contributed by atoms with Gasteiger partial charge >= 0.3 is 0 Å². The Morgan fingerprint density at radius 1 is 1.04 bits per heavy atom. The fourth-order valence-corrected chi connectivity index (χ4v) is 2.82. The second kappa shape index (κ2) is 8.64. The molecule has 0 unspecified atom stereocenters. The number of ether oxygens (including phenoxy) is 1. The van der Waals surface area contributed by atoms with E-state index in [0.29, 0.717) is 12.4 Å². The minimum Gasteiger partial charge on any atom is -0.507 e. The molecule has 3 heteroatoms. The van der Waals surface area contributed by atoms with Gasteiger partial charge in [0.05, 0.1) is 12.3 Å². The molecular formula is C25H33NO2. The summed E-state index contributed by atoms with van der Waals surface area (Å²) in [4.78, 5) is 4.59. The maximum atomic E-state index is 10.9. The fraction of sp³-hybridized carbons (Fsp3) is 0.400. The number of hydrogen-bond acceptors (Lipinski definition) is 3. The second-order valence-electron chi connectivity index (χ2n) is 9.14. The Labute approximate surface area is 169 Å². The van der Waals surface area contributed by atoms with Crippen molar-refractivity contribution in [2.24, 2.45) is 4.99 Å². The van der Waals surface area contributed by atoms with E-state index in [4.69, 9.17) is 4.74 Å². The number of phenols is 1. The zero-order valence-corrected chi connectivity index (χ0v) is 18.0. The maximum absolute atomic E-state index is 10.9. The molecule has 0 fully saturated rings. The largest absolute Gasteiger partial charge is 0.507 e. The van der Waals surface area contributed by atoms with E-state index in [1.807, 2.05) is 36.4 Å². The standard InChI is InChI=1S/C25H33NO2/c1-8-9-13-28-21-12-10-11-20(16-21)26-17-18-14-19(24(2,3)4)15-22(23(18)27)25(5,6)7/h8,10-12,14-17,27H,1,9,13H2,2-7H3. The molecule has 0 aliphatic heterocycles. The van der Waals surface area contributed by atoms with Gasteiger partial charge in [0.1, 0.15) is 11.5 Å². The zero-order chi connectivity index (χ0) is 20.9. The molecule has 1 N–H and O–H groups in total. The monoisotopic (exact) mass is 379 g/mol. The molecule has 2 aromatic rings. The summed E-state index contributed by atoms with van der Waals surface area (Å²) in [6, 6.07) is 11.8. The van der Waals surface area contributed by atoms with Crippen molar-refractivity contribution in [1.29, 1.82) is 0 Å². The number of rotatable bonds is 6. The molecule has 0 saturated carbocycles. The summed E-state index contributed by atoms with van der Waals surface area (Å²) in [5, 5.41) is 10.9. The van der Waals surface area contributed by atoms with Crippen LogP contribution in [0.25, 0.3) is 0 Å². The molecule has 28 heavy (non-hydrogen) atoms. The van der Waals surface area contributed by atoms with Crippen LogP contribution < -0.4 is 4.74 Å². The minimum atomic E-state index is -0.160. The smallest absolute Gasteiger partial charge is 0.128 e. The Hall–Kier alpha value is -2.55. The highest BCUT2D eigenvalue weighted by Gasteiger charge is 2.24. The van der Waals surface area contributed by atoms with E-state index in [2.05, 4.69) is 59.2 Å². The van der Waals surface area contributed by atoms with E-state index >= 15 is 0 Å². The molecular weight excluding hydrogens is 346 g/mol. The Morgan fingerprint density at radius 3 is 2.36 bits per heavy atom. The van der Waals surface area contributed by atoms with Crippen LogP contribution in [-0.4, -0.2) is 17.9 Å². The summed E-state index contributed by atoms with van der Waals surface area (Å²) in [5.74, 6) is 1.07. The molecule has 2 rings (SSSR count). The lowest BCUT2D eigenvalue weighted by Crippen LogP contribution is -2.17. The van der Waals surface area contributed by atoms with Crippen molar-refractivity contribution >= 4 is 11.9 Å². The first kappa shape index (κ1) is 21.7. The molecule has 2 aromatic carbocycles. The first-order valence-corrected chi connectivity index (χ1v) is 9.78. The van der Waals surface area contributed by atoms with Crippen LogP contribution in [0.2, 0.25) is 0 Å². The topological polar surface area (TPSA) is 41.8 Å². The molecule has 0 aromatic heterocycles. The summed E-state index contributed by atoms with van der Waals surface area (Å²) in [6.07, 6.45) is 4.37. The van der Waals surface area contributed by atoms with E-state index in [0.717, 1.165) is 29.0 Å². The molecule has 0 radical (unpaired) electrons. The van der Waals surface area contributed by atoms with Gasteiger partial charge in [0.25, 0.3) is 0 Å². The van der Waals surface area contributed by atoms with Crippen molar-refractivity contribution in [3.8, 4) is 11.5 Å². The van der Waals surface area contributed by atoms with E-state index in [-0.39, 0.29) is 10.8 Å². The Kier molecular flexibility index (Phi) is 6.71. The normalized spacial score (nSPS) is 12.4.